The lowest BCUT2D eigenvalue weighted by Gasteiger charge is -2.33. The van der Waals surface area contributed by atoms with E-state index in [9.17, 15) is 0 Å². The van der Waals surface area contributed by atoms with Gasteiger partial charge in [-0.3, -0.25) is 4.90 Å². The van der Waals surface area contributed by atoms with E-state index in [1.54, 1.807) is 11.3 Å². The first kappa shape index (κ1) is 16.4. The molecule has 3 N–H and O–H groups in total. The topological polar surface area (TPSA) is 54.2 Å². The monoisotopic (exact) mass is 352 g/mol. The lowest BCUT2D eigenvalue weighted by atomic mass is 10.0. The minimum Gasteiger partial charge on any atom is -0.397 e. The van der Waals surface area contributed by atoms with Crippen LogP contribution in [0.25, 0.3) is 10.2 Å². The summed E-state index contributed by atoms with van der Waals surface area (Å²) in [4.78, 5) is 7.11. The van der Waals surface area contributed by atoms with E-state index in [4.69, 9.17) is 5.73 Å². The van der Waals surface area contributed by atoms with Crippen LogP contribution in [0.4, 0.5) is 11.4 Å². The van der Waals surface area contributed by atoms with Crippen LogP contribution in [0.15, 0.2) is 42.5 Å². The van der Waals surface area contributed by atoms with Gasteiger partial charge in [-0.2, -0.15) is 0 Å². The Morgan fingerprint density at radius 1 is 1.20 bits per heavy atom. The summed E-state index contributed by atoms with van der Waals surface area (Å²) in [5.41, 5.74) is 10.5. The fourth-order valence-electron chi connectivity index (χ4n) is 3.53. The maximum absolute atomic E-state index is 6.25. The second-order valence-electron chi connectivity index (χ2n) is 6.82. The summed E-state index contributed by atoms with van der Waals surface area (Å²) in [7, 11) is 0. The largest absolute Gasteiger partial charge is 0.397 e. The van der Waals surface area contributed by atoms with Crippen LogP contribution in [0.2, 0.25) is 0 Å². The molecule has 1 aliphatic heterocycles. The van der Waals surface area contributed by atoms with E-state index in [1.807, 2.05) is 13.0 Å². The van der Waals surface area contributed by atoms with E-state index in [0.717, 1.165) is 54.4 Å². The van der Waals surface area contributed by atoms with Crippen molar-refractivity contribution < 1.29 is 0 Å². The van der Waals surface area contributed by atoms with Crippen molar-refractivity contribution >= 4 is 32.9 Å². The number of hydrogen-bond donors (Lipinski definition) is 2. The van der Waals surface area contributed by atoms with E-state index >= 15 is 0 Å². The summed E-state index contributed by atoms with van der Waals surface area (Å²) in [6.07, 6.45) is 2.28. The fourth-order valence-corrected chi connectivity index (χ4v) is 4.38. The Kier molecular flexibility index (Phi) is 4.59. The molecule has 25 heavy (non-hydrogen) atoms. The second-order valence-corrected chi connectivity index (χ2v) is 8.06. The van der Waals surface area contributed by atoms with Crippen molar-refractivity contribution in [1.29, 1.82) is 0 Å². The summed E-state index contributed by atoms with van der Waals surface area (Å²) in [6.45, 7) is 5.31. The van der Waals surface area contributed by atoms with Crippen LogP contribution in [-0.2, 0) is 6.54 Å². The van der Waals surface area contributed by atoms with Crippen molar-refractivity contribution in [2.75, 3.05) is 24.1 Å². The van der Waals surface area contributed by atoms with Crippen LogP contribution in [0, 0.1) is 6.92 Å². The van der Waals surface area contributed by atoms with Gasteiger partial charge in [0.05, 0.1) is 26.6 Å². The van der Waals surface area contributed by atoms with Gasteiger partial charge in [0.25, 0.3) is 0 Å². The van der Waals surface area contributed by atoms with Gasteiger partial charge in [0, 0.05) is 25.7 Å². The number of hydrogen-bond acceptors (Lipinski definition) is 5. The molecule has 130 valence electrons. The van der Waals surface area contributed by atoms with Crippen molar-refractivity contribution in [3.63, 3.8) is 0 Å². The Bertz CT molecular complexity index is 851. The van der Waals surface area contributed by atoms with E-state index in [2.05, 4.69) is 51.6 Å². The molecule has 2 heterocycles. The molecule has 4 nitrogen and oxygen atoms in total. The predicted molar refractivity (Wildman–Crippen MR) is 107 cm³/mol. The van der Waals surface area contributed by atoms with Gasteiger partial charge in [0.2, 0.25) is 0 Å². The number of piperidine rings is 1. The van der Waals surface area contributed by atoms with Crippen molar-refractivity contribution in [3.05, 3.63) is 53.0 Å². The maximum atomic E-state index is 6.25. The number of nitrogens with two attached hydrogens (primary N) is 1. The summed E-state index contributed by atoms with van der Waals surface area (Å²) >= 11 is 1.70. The van der Waals surface area contributed by atoms with Gasteiger partial charge in [-0.05, 0) is 37.5 Å². The van der Waals surface area contributed by atoms with Crippen LogP contribution in [-0.4, -0.2) is 29.0 Å². The lowest BCUT2D eigenvalue weighted by molar-refractivity contribution is 0.211. The Morgan fingerprint density at radius 2 is 1.96 bits per heavy atom. The highest BCUT2D eigenvalue weighted by molar-refractivity contribution is 7.18. The minimum atomic E-state index is 0.478. The van der Waals surface area contributed by atoms with Crippen LogP contribution < -0.4 is 11.1 Å². The fraction of sp³-hybridized carbons (Fsp3) is 0.350. The average Bonchev–Trinajstić information content (AvgIpc) is 2.97. The van der Waals surface area contributed by atoms with Gasteiger partial charge in [-0.25, -0.2) is 4.98 Å². The zero-order valence-electron chi connectivity index (χ0n) is 14.5. The molecule has 0 saturated carbocycles. The Hall–Kier alpha value is -2.11. The molecular weight excluding hydrogens is 328 g/mol. The summed E-state index contributed by atoms with van der Waals surface area (Å²) < 4.78 is 1.17. The number of nitrogen functional groups attached to an aromatic ring is 1. The molecule has 0 amide bonds. The van der Waals surface area contributed by atoms with Gasteiger partial charge in [0.1, 0.15) is 0 Å². The normalized spacial score (nSPS) is 16.4. The van der Waals surface area contributed by atoms with Gasteiger partial charge < -0.3 is 11.1 Å². The van der Waals surface area contributed by atoms with E-state index in [-0.39, 0.29) is 0 Å². The first-order valence-corrected chi connectivity index (χ1v) is 9.68. The van der Waals surface area contributed by atoms with E-state index < -0.39 is 0 Å². The SMILES string of the molecule is Cc1nc2cc(NC3CCN(Cc4ccccc4)CC3)c(N)cc2s1. The molecule has 0 spiro atoms. The number of thiazole rings is 1. The smallest absolute Gasteiger partial charge is 0.0907 e. The molecule has 0 atom stereocenters. The summed E-state index contributed by atoms with van der Waals surface area (Å²) in [6, 6.07) is 15.3. The van der Waals surface area contributed by atoms with Gasteiger partial charge in [-0.1, -0.05) is 30.3 Å². The predicted octanol–water partition coefficient (Wildman–Crippen LogP) is 4.26. The summed E-state index contributed by atoms with van der Waals surface area (Å²) in [5.74, 6) is 0. The van der Waals surface area contributed by atoms with Crippen LogP contribution >= 0.6 is 11.3 Å². The third kappa shape index (κ3) is 3.78. The molecule has 0 unspecified atom stereocenters. The molecule has 0 radical (unpaired) electrons. The van der Waals surface area contributed by atoms with E-state index in [0.29, 0.717) is 6.04 Å². The first-order valence-electron chi connectivity index (χ1n) is 8.87. The number of nitrogens with one attached hydrogen (secondary N) is 1. The maximum Gasteiger partial charge on any atom is 0.0907 e. The number of fused-ring (bicyclic) bond motifs is 1. The third-order valence-electron chi connectivity index (χ3n) is 4.86. The van der Waals surface area contributed by atoms with Gasteiger partial charge in [0.15, 0.2) is 0 Å². The molecule has 0 bridgehead atoms. The third-order valence-corrected chi connectivity index (χ3v) is 5.80. The Morgan fingerprint density at radius 3 is 2.72 bits per heavy atom. The van der Waals surface area contributed by atoms with Crippen molar-refractivity contribution in [2.24, 2.45) is 0 Å². The van der Waals surface area contributed by atoms with Gasteiger partial charge >= 0.3 is 0 Å². The number of likely N-dealkylation sites (tertiary alicyclic amines) is 1. The number of aryl methyl sites for hydroxylation is 1. The molecule has 1 fully saturated rings. The number of aromatic nitrogens is 1. The van der Waals surface area contributed by atoms with Crippen LogP contribution in [0.5, 0.6) is 0 Å². The highest BCUT2D eigenvalue weighted by Gasteiger charge is 2.20. The zero-order valence-corrected chi connectivity index (χ0v) is 15.4. The Balaban J connectivity index is 1.37. The van der Waals surface area contributed by atoms with Gasteiger partial charge in [-0.15, -0.1) is 11.3 Å². The highest BCUT2D eigenvalue weighted by atomic mass is 32.1. The highest BCUT2D eigenvalue weighted by Crippen LogP contribution is 2.31. The molecule has 5 heteroatoms. The number of benzene rings is 2. The number of nitrogens with zero attached hydrogens (tertiary/aromatic N) is 2. The quantitative estimate of drug-likeness (QED) is 0.689. The average molecular weight is 353 g/mol. The molecule has 2 aromatic carbocycles. The zero-order chi connectivity index (χ0) is 17.2. The van der Waals surface area contributed by atoms with E-state index in [1.165, 1.54) is 10.3 Å². The molecule has 3 aromatic rings. The molecule has 4 rings (SSSR count). The Labute approximate surface area is 152 Å². The number of anilines is 2. The van der Waals surface area contributed by atoms with Crippen LogP contribution in [0.3, 0.4) is 0 Å². The lowest BCUT2D eigenvalue weighted by Crippen LogP contribution is -2.38. The van der Waals surface area contributed by atoms with Crippen molar-refractivity contribution in [2.45, 2.75) is 32.4 Å². The van der Waals surface area contributed by atoms with Crippen molar-refractivity contribution in [3.8, 4) is 0 Å². The minimum absolute atomic E-state index is 0.478. The number of rotatable bonds is 4. The second kappa shape index (κ2) is 7.02. The first-order chi connectivity index (χ1) is 12.2. The van der Waals surface area contributed by atoms with Crippen LogP contribution in [0.1, 0.15) is 23.4 Å². The molecule has 1 aromatic heterocycles. The summed E-state index contributed by atoms with van der Waals surface area (Å²) in [5, 5.41) is 4.73. The molecule has 1 aliphatic rings. The molecule has 0 aliphatic carbocycles. The standard InChI is InChI=1S/C20H24N4S/c1-14-22-19-12-18(17(21)11-20(19)25-14)23-16-7-9-24(10-8-16)13-15-5-3-2-4-6-15/h2-6,11-12,16,23H,7-10,13,21H2,1H3. The molecular formula is C20H24N4S. The van der Waals surface area contributed by atoms with Crippen molar-refractivity contribution in [1.82, 2.24) is 9.88 Å². The molecule has 1 saturated heterocycles.